The van der Waals surface area contributed by atoms with Crippen molar-refractivity contribution in [3.05, 3.63) is 113 Å². The molecule has 2 fully saturated rings. The molecule has 2 heterocycles. The average molecular weight is 1230 g/mol. The Morgan fingerprint density at radius 3 is 2.20 bits per heavy atom. The Bertz CT molecular complexity index is 3180. The van der Waals surface area contributed by atoms with E-state index < -0.39 is 149 Å². The number of carbonyl (C=O) groups excluding carboxylic acids is 10. The van der Waals surface area contributed by atoms with Crippen LogP contribution >= 0.6 is 11.8 Å². The second-order valence-electron chi connectivity index (χ2n) is 21.9. The van der Waals surface area contributed by atoms with Gasteiger partial charge in [0.2, 0.25) is 29.5 Å². The zero-order valence-electron chi connectivity index (χ0n) is 48.4. The molecule has 12 N–H and O–H groups in total. The third kappa shape index (κ3) is 15.9. The van der Waals surface area contributed by atoms with Crippen LogP contribution in [0.25, 0.3) is 0 Å². The lowest BCUT2D eigenvalue weighted by atomic mass is 9.72. The van der Waals surface area contributed by atoms with E-state index in [1.807, 2.05) is 0 Å². The van der Waals surface area contributed by atoms with Crippen molar-refractivity contribution in [2.75, 3.05) is 43.4 Å². The van der Waals surface area contributed by atoms with Crippen LogP contribution in [0.1, 0.15) is 114 Å². The molecular formula is C59H73N9O18S. The topological polar surface area (TPSA) is 395 Å². The molecule has 2 aliphatic heterocycles. The van der Waals surface area contributed by atoms with Crippen molar-refractivity contribution in [3.8, 4) is 11.5 Å². The molecule has 0 saturated carbocycles. The van der Waals surface area contributed by atoms with E-state index in [-0.39, 0.29) is 104 Å². The average Bonchev–Trinajstić information content (AvgIpc) is 0.740. The van der Waals surface area contributed by atoms with Gasteiger partial charge in [-0.1, -0.05) is 63.4 Å². The predicted octanol–water partition coefficient (Wildman–Crippen LogP) is 1.66. The lowest BCUT2D eigenvalue weighted by Gasteiger charge is -2.43. The number of ether oxygens (including phenoxy) is 3. The first-order chi connectivity index (χ1) is 41.2. The van der Waals surface area contributed by atoms with Crippen LogP contribution in [0.4, 0.5) is 15.3 Å². The highest BCUT2D eigenvalue weighted by molar-refractivity contribution is 7.99. The van der Waals surface area contributed by atoms with Crippen LogP contribution in [0.3, 0.4) is 0 Å². The number of anilines is 1. The van der Waals surface area contributed by atoms with Crippen molar-refractivity contribution in [2.45, 2.75) is 127 Å². The number of carbonyl (C=O) groups is 10. The minimum absolute atomic E-state index is 0.00355. The number of phenols is 2. The van der Waals surface area contributed by atoms with E-state index in [0.717, 1.165) is 24.8 Å². The van der Waals surface area contributed by atoms with Crippen LogP contribution in [0.15, 0.2) is 73.8 Å². The summed E-state index contributed by atoms with van der Waals surface area (Å²) in [6, 6.07) is 7.87. The van der Waals surface area contributed by atoms with E-state index >= 15 is 0 Å². The molecule has 87 heavy (non-hydrogen) atoms. The molecule has 1 unspecified atom stereocenters. The summed E-state index contributed by atoms with van der Waals surface area (Å²) in [7, 11) is 0. The number of hydrogen-bond donors (Lipinski definition) is 11. The van der Waals surface area contributed by atoms with E-state index in [1.165, 1.54) is 64.1 Å². The molecule has 9 atom stereocenters. The summed E-state index contributed by atoms with van der Waals surface area (Å²) in [4.78, 5) is 136. The summed E-state index contributed by atoms with van der Waals surface area (Å²) in [6.07, 6.45) is -5.75. The third-order valence-corrected chi connectivity index (χ3v) is 16.3. The quantitative estimate of drug-likeness (QED) is 0.0206. The summed E-state index contributed by atoms with van der Waals surface area (Å²) < 4.78 is 17.7. The van der Waals surface area contributed by atoms with Crippen molar-refractivity contribution >= 4 is 76.5 Å². The number of nitrogens with zero attached hydrogens (tertiary/aromatic N) is 3. The first-order valence-corrected chi connectivity index (χ1v) is 29.2. The van der Waals surface area contributed by atoms with Gasteiger partial charge in [0.25, 0.3) is 0 Å². The van der Waals surface area contributed by atoms with Gasteiger partial charge in [0, 0.05) is 65.9 Å². The maximum absolute atomic E-state index is 13.8. The largest absolute Gasteiger partial charge is 0.507 e. The van der Waals surface area contributed by atoms with E-state index in [4.69, 9.17) is 19.9 Å². The van der Waals surface area contributed by atoms with Crippen molar-refractivity contribution in [2.24, 2.45) is 11.7 Å². The van der Waals surface area contributed by atoms with Gasteiger partial charge in [-0.15, -0.1) is 0 Å². The molecule has 468 valence electrons. The second-order valence-corrected chi connectivity index (χ2v) is 23.0. The molecule has 2 saturated heterocycles. The summed E-state index contributed by atoms with van der Waals surface area (Å²) in [6.45, 7) is 12.9. The van der Waals surface area contributed by atoms with Crippen molar-refractivity contribution in [1.29, 1.82) is 0 Å². The molecule has 27 nitrogen and oxygen atoms in total. The number of aromatic hydroxyl groups is 2. The van der Waals surface area contributed by atoms with E-state index in [0.29, 0.717) is 5.56 Å². The zero-order valence-corrected chi connectivity index (χ0v) is 49.3. The fourth-order valence-electron chi connectivity index (χ4n) is 10.6. The second kappa shape index (κ2) is 29.0. The van der Waals surface area contributed by atoms with Gasteiger partial charge in [-0.25, -0.2) is 14.5 Å². The molecule has 3 aromatic rings. The Morgan fingerprint density at radius 1 is 0.920 bits per heavy atom. The molecule has 28 heteroatoms. The lowest BCUT2D eigenvalue weighted by molar-refractivity contribution is -0.249. The minimum Gasteiger partial charge on any atom is -0.507 e. The smallest absolute Gasteiger partial charge is 0.407 e. The number of aliphatic hydroxyl groups is 3. The molecular weight excluding hydrogens is 1150 g/mol. The van der Waals surface area contributed by atoms with E-state index in [9.17, 15) is 73.5 Å². The Morgan fingerprint density at radius 2 is 1.57 bits per heavy atom. The Balaban J connectivity index is 0.924. The highest BCUT2D eigenvalue weighted by Crippen LogP contribution is 2.52. The van der Waals surface area contributed by atoms with E-state index in [1.54, 1.807) is 26.0 Å². The number of rotatable bonds is 24. The number of hydrogen-bond acceptors (Lipinski definition) is 20. The number of Topliss-reactive ketones (excluding diaryl/α,β-unsaturated/α-hetero) is 1. The van der Waals surface area contributed by atoms with Crippen LogP contribution in [0.5, 0.6) is 11.5 Å². The van der Waals surface area contributed by atoms with Crippen LogP contribution < -0.4 is 32.3 Å². The van der Waals surface area contributed by atoms with Crippen molar-refractivity contribution < 1.29 is 87.7 Å². The Labute approximate surface area is 505 Å². The number of alkyl carbamates (subject to hydrolysis) is 1. The van der Waals surface area contributed by atoms with Gasteiger partial charge in [0.05, 0.1) is 55.1 Å². The molecule has 0 aromatic heterocycles. The van der Waals surface area contributed by atoms with Gasteiger partial charge in [-0.05, 0) is 62.5 Å². The number of thioether (sulfide) groups is 1. The number of phenolic OH excluding ortho intramolecular Hbond substituents is 2. The number of aliphatic hydroxyl groups excluding tert-OH is 2. The molecule has 2 aliphatic carbocycles. The normalized spacial score (nSPS) is 21.8. The lowest BCUT2D eigenvalue weighted by Crippen LogP contribution is -2.60. The first kappa shape index (κ1) is 66.3. The summed E-state index contributed by atoms with van der Waals surface area (Å²) in [5, 5.41) is 69.6. The van der Waals surface area contributed by atoms with Gasteiger partial charge >= 0.3 is 12.1 Å². The Hall–Kier alpha value is -8.25. The maximum atomic E-state index is 13.8. The summed E-state index contributed by atoms with van der Waals surface area (Å²) >= 11 is 1.14. The Kier molecular flexibility index (Phi) is 22.1. The summed E-state index contributed by atoms with van der Waals surface area (Å²) in [5.41, 5.74) is 2.48. The number of urea groups is 1. The number of amides is 8. The van der Waals surface area contributed by atoms with Gasteiger partial charge in [0.1, 0.15) is 48.1 Å². The number of nitrogens with two attached hydrogens (primary N) is 1. The standard InChI is InChI=1S/C59H73N9O18S/c1-7-42(71)66-27-67(43(72)8-2)29-68(28-66)44(73)19-21-87-26-41(70)65-49(30(3)4)56(80)63-38(14-11-20-61-57(60)81)55(79)62-34-17-15-33(16-18-34)25-84-58(82)64-39-22-45(85-31(5)50(39)74)86-40-24-59(83,32(6)69)23-37-46(40)54(78)48-47(53(37)77)51(75)35-12-9-10-13-36(35)52(48)76/h7-10,12-13,15-18,30-31,38-40,42,45,49-50,71,74,77-78,83H,1-2,11,14,19-29H2,3-6H3,(H,62,79)(H,63,80)(H,64,82)(H,65,70)(H3,60,61,81)/t31-,38-,39-,40-,42?,45-,49-,50+,59-/m0/s1. The van der Waals surface area contributed by atoms with Gasteiger partial charge in [0.15, 0.2) is 23.6 Å². The van der Waals surface area contributed by atoms with Gasteiger partial charge in [-0.2, -0.15) is 11.8 Å². The number of ketones is 3. The molecule has 4 aliphatic rings. The van der Waals surface area contributed by atoms with Crippen LogP contribution in [0, 0.1) is 5.92 Å². The van der Waals surface area contributed by atoms with Crippen molar-refractivity contribution in [3.63, 3.8) is 0 Å². The monoisotopic (exact) mass is 1230 g/mol. The minimum atomic E-state index is -2.17. The molecule has 3 aromatic carbocycles. The molecule has 8 amide bonds. The van der Waals surface area contributed by atoms with Crippen molar-refractivity contribution in [1.82, 2.24) is 36.0 Å². The zero-order chi connectivity index (χ0) is 63.6. The molecule has 7 rings (SSSR count). The number of primary amides is 1. The highest BCUT2D eigenvalue weighted by Gasteiger charge is 2.49. The fourth-order valence-corrected chi connectivity index (χ4v) is 11.3. The molecule has 0 bridgehead atoms. The molecule has 0 spiro atoms. The number of benzene rings is 3. The first-order valence-electron chi connectivity index (χ1n) is 28.0. The van der Waals surface area contributed by atoms with Crippen LogP contribution in [0.2, 0.25) is 0 Å². The highest BCUT2D eigenvalue weighted by atomic mass is 32.2. The van der Waals surface area contributed by atoms with Crippen LogP contribution in [-0.4, -0.2) is 186 Å². The maximum Gasteiger partial charge on any atom is 0.407 e. The van der Waals surface area contributed by atoms with Gasteiger partial charge < -0.3 is 81.9 Å². The number of fused-ring (bicyclic) bond motifs is 3. The number of nitrogens with one attached hydrogen (secondary N) is 5. The predicted molar refractivity (Wildman–Crippen MR) is 312 cm³/mol. The fraction of sp³-hybridized carbons (Fsp3) is 0.458. The van der Waals surface area contributed by atoms with Crippen LogP contribution in [-0.2, 0) is 56.0 Å². The SMILES string of the molecule is C=CC(=O)N1CN(C(=O)CCSCC(=O)N[C@H](C(=O)N[C@@H](CCCNC(N)=O)C(=O)Nc2ccc(COC(=O)N[C@H]3C[C@H](O[C@H]4C[C@](O)(C(C)=O)Cc5c(O)c6c(c(O)c54)C(=O)c4ccccc4C6=O)O[C@@H](C)[C@H]3O)cc2)C(C)C)CN(C(O)C=C)C1. The van der Waals surface area contributed by atoms with Gasteiger partial charge in [-0.3, -0.25) is 38.4 Å². The molecule has 0 radical (unpaired) electrons. The third-order valence-electron chi connectivity index (χ3n) is 15.4. The van der Waals surface area contributed by atoms with E-state index in [2.05, 4.69) is 39.7 Å². The summed E-state index contributed by atoms with van der Waals surface area (Å²) in [5.74, 6) is -6.57.